The van der Waals surface area contributed by atoms with Crippen molar-refractivity contribution in [1.82, 2.24) is 10.6 Å². The van der Waals surface area contributed by atoms with Crippen molar-refractivity contribution < 1.29 is 19.1 Å². The maximum absolute atomic E-state index is 11.6. The van der Waals surface area contributed by atoms with Gasteiger partial charge in [-0.3, -0.25) is 9.59 Å². The van der Waals surface area contributed by atoms with Crippen molar-refractivity contribution in [2.75, 3.05) is 13.2 Å². The molecule has 110 valence electrons. The Labute approximate surface area is 113 Å². The van der Waals surface area contributed by atoms with E-state index in [1.165, 1.54) is 6.92 Å². The summed E-state index contributed by atoms with van der Waals surface area (Å²) in [5.74, 6) is -1.55. The summed E-state index contributed by atoms with van der Waals surface area (Å²) in [5, 5.41) is 5.04. The maximum atomic E-state index is 11.6. The molecule has 0 saturated heterocycles. The Balaban J connectivity index is 4.24. The van der Waals surface area contributed by atoms with Crippen molar-refractivity contribution in [2.45, 2.75) is 39.8 Å². The molecule has 0 saturated carbocycles. The number of hydrogen-bond donors (Lipinski definition) is 3. The molecule has 0 aromatic heterocycles. The van der Waals surface area contributed by atoms with Crippen LogP contribution in [0.4, 0.5) is 0 Å². The fraction of sp³-hybridized carbons (Fsp3) is 0.750. The summed E-state index contributed by atoms with van der Waals surface area (Å²) in [6.07, 6.45) is 0. The van der Waals surface area contributed by atoms with E-state index in [1.807, 2.05) is 13.8 Å². The molecule has 0 radical (unpaired) electrons. The van der Waals surface area contributed by atoms with E-state index in [0.717, 1.165) is 0 Å². The molecule has 0 spiro atoms. The first-order valence-corrected chi connectivity index (χ1v) is 6.29. The molecule has 2 amide bonds. The quantitative estimate of drug-likeness (QED) is 0.413. The Bertz CT molecular complexity index is 331. The van der Waals surface area contributed by atoms with Crippen LogP contribution in [-0.2, 0) is 19.1 Å². The van der Waals surface area contributed by atoms with Crippen LogP contribution in [0.25, 0.3) is 0 Å². The van der Waals surface area contributed by atoms with Crippen molar-refractivity contribution in [1.29, 1.82) is 0 Å². The summed E-state index contributed by atoms with van der Waals surface area (Å²) in [4.78, 5) is 34.5. The maximum Gasteiger partial charge on any atom is 0.332 e. The molecule has 2 atom stereocenters. The smallest absolute Gasteiger partial charge is 0.332 e. The number of amides is 2. The Morgan fingerprint density at radius 1 is 1.16 bits per heavy atom. The molecular formula is C12H23N3O4. The Hall–Kier alpha value is -1.63. The molecule has 2 unspecified atom stereocenters. The first-order valence-electron chi connectivity index (χ1n) is 6.29. The van der Waals surface area contributed by atoms with Crippen LogP contribution in [0.1, 0.15) is 27.7 Å². The van der Waals surface area contributed by atoms with E-state index in [-0.39, 0.29) is 12.5 Å². The summed E-state index contributed by atoms with van der Waals surface area (Å²) < 4.78 is 4.62. The van der Waals surface area contributed by atoms with E-state index in [2.05, 4.69) is 15.4 Å². The minimum absolute atomic E-state index is 0.143. The van der Waals surface area contributed by atoms with E-state index in [9.17, 15) is 14.4 Å². The van der Waals surface area contributed by atoms with Gasteiger partial charge in [0, 0.05) is 6.54 Å². The fourth-order valence-corrected chi connectivity index (χ4v) is 1.17. The molecule has 0 fully saturated rings. The largest absolute Gasteiger partial charge is 0.464 e. The van der Waals surface area contributed by atoms with Crippen LogP contribution >= 0.6 is 0 Å². The highest BCUT2D eigenvalue weighted by Gasteiger charge is 2.26. The van der Waals surface area contributed by atoms with Crippen molar-refractivity contribution in [2.24, 2.45) is 11.7 Å². The van der Waals surface area contributed by atoms with Gasteiger partial charge in [0.05, 0.1) is 6.61 Å². The third kappa shape index (κ3) is 6.76. The summed E-state index contributed by atoms with van der Waals surface area (Å²) in [7, 11) is 0. The molecule has 7 nitrogen and oxygen atoms in total. The Morgan fingerprint density at radius 3 is 2.21 bits per heavy atom. The SMILES string of the molecule is CCOC(=O)C(N)C(=O)NC(C)C(=O)NCC(C)C. The van der Waals surface area contributed by atoms with Gasteiger partial charge in [-0.25, -0.2) is 4.79 Å². The van der Waals surface area contributed by atoms with Crippen LogP contribution < -0.4 is 16.4 Å². The summed E-state index contributed by atoms with van der Waals surface area (Å²) in [6.45, 7) is 7.71. The predicted octanol–water partition coefficient (Wildman–Crippen LogP) is -0.846. The van der Waals surface area contributed by atoms with Crippen LogP contribution in [-0.4, -0.2) is 43.0 Å². The van der Waals surface area contributed by atoms with E-state index in [1.54, 1.807) is 6.92 Å². The number of rotatable bonds is 7. The van der Waals surface area contributed by atoms with E-state index in [4.69, 9.17) is 5.73 Å². The van der Waals surface area contributed by atoms with E-state index >= 15 is 0 Å². The monoisotopic (exact) mass is 273 g/mol. The van der Waals surface area contributed by atoms with Crippen LogP contribution in [0.3, 0.4) is 0 Å². The molecule has 0 aliphatic heterocycles. The molecule has 0 aliphatic rings. The molecule has 0 aromatic rings. The van der Waals surface area contributed by atoms with Crippen molar-refractivity contribution in [3.8, 4) is 0 Å². The van der Waals surface area contributed by atoms with Gasteiger partial charge in [-0.05, 0) is 19.8 Å². The zero-order valence-corrected chi connectivity index (χ0v) is 11.9. The molecule has 0 rings (SSSR count). The van der Waals surface area contributed by atoms with Crippen LogP contribution in [0.2, 0.25) is 0 Å². The second-order valence-corrected chi connectivity index (χ2v) is 4.60. The van der Waals surface area contributed by atoms with Gasteiger partial charge < -0.3 is 21.1 Å². The lowest BCUT2D eigenvalue weighted by Crippen LogP contribution is -2.53. The number of carbonyl (C=O) groups excluding carboxylic acids is 3. The minimum atomic E-state index is -1.42. The predicted molar refractivity (Wildman–Crippen MR) is 70.1 cm³/mol. The third-order valence-corrected chi connectivity index (χ3v) is 2.26. The lowest BCUT2D eigenvalue weighted by atomic mass is 10.2. The van der Waals surface area contributed by atoms with E-state index < -0.39 is 24.0 Å². The summed E-state index contributed by atoms with van der Waals surface area (Å²) in [6, 6.07) is -2.17. The van der Waals surface area contributed by atoms with Crippen LogP contribution in [0.15, 0.2) is 0 Å². The standard InChI is InChI=1S/C12H23N3O4/c1-5-19-12(18)9(13)11(17)15-8(4)10(16)14-6-7(2)3/h7-9H,5-6,13H2,1-4H3,(H,14,16)(H,15,17). The van der Waals surface area contributed by atoms with Gasteiger partial charge >= 0.3 is 5.97 Å². The lowest BCUT2D eigenvalue weighted by molar-refractivity contribution is -0.148. The summed E-state index contributed by atoms with van der Waals surface area (Å²) >= 11 is 0. The first kappa shape index (κ1) is 17.4. The number of nitrogens with two attached hydrogens (primary N) is 1. The van der Waals surface area contributed by atoms with Crippen molar-refractivity contribution in [3.63, 3.8) is 0 Å². The Kier molecular flexibility index (Phi) is 7.74. The average Bonchev–Trinajstić information content (AvgIpc) is 2.34. The Morgan fingerprint density at radius 2 is 1.74 bits per heavy atom. The normalized spacial score (nSPS) is 13.6. The van der Waals surface area contributed by atoms with Gasteiger partial charge in [-0.2, -0.15) is 0 Å². The number of nitrogens with one attached hydrogen (secondary N) is 2. The highest BCUT2D eigenvalue weighted by molar-refractivity contribution is 6.03. The molecule has 0 aromatic carbocycles. The third-order valence-electron chi connectivity index (χ3n) is 2.26. The minimum Gasteiger partial charge on any atom is -0.464 e. The van der Waals surface area contributed by atoms with E-state index in [0.29, 0.717) is 12.5 Å². The van der Waals surface area contributed by atoms with Crippen LogP contribution in [0.5, 0.6) is 0 Å². The highest BCUT2D eigenvalue weighted by atomic mass is 16.5. The molecule has 0 bridgehead atoms. The van der Waals surface area contributed by atoms with Gasteiger partial charge in [-0.1, -0.05) is 13.8 Å². The molecule has 19 heavy (non-hydrogen) atoms. The molecule has 0 aliphatic carbocycles. The fourth-order valence-electron chi connectivity index (χ4n) is 1.17. The average molecular weight is 273 g/mol. The first-order chi connectivity index (χ1) is 8.79. The van der Waals surface area contributed by atoms with Gasteiger partial charge in [0.2, 0.25) is 11.8 Å². The topological polar surface area (TPSA) is 111 Å². The number of esters is 1. The summed E-state index contributed by atoms with van der Waals surface area (Å²) in [5.41, 5.74) is 5.40. The van der Waals surface area contributed by atoms with Gasteiger partial charge in [-0.15, -0.1) is 0 Å². The molecular weight excluding hydrogens is 250 g/mol. The second kappa shape index (κ2) is 8.47. The molecule has 7 heteroatoms. The van der Waals surface area contributed by atoms with Crippen LogP contribution in [0, 0.1) is 5.92 Å². The van der Waals surface area contributed by atoms with Crippen molar-refractivity contribution in [3.05, 3.63) is 0 Å². The zero-order chi connectivity index (χ0) is 15.0. The number of ether oxygens (including phenoxy) is 1. The van der Waals surface area contributed by atoms with Gasteiger partial charge in [0.15, 0.2) is 6.04 Å². The number of carbonyl (C=O) groups is 3. The lowest BCUT2D eigenvalue weighted by Gasteiger charge is -2.17. The number of hydrogen-bond acceptors (Lipinski definition) is 5. The molecule has 0 heterocycles. The van der Waals surface area contributed by atoms with Gasteiger partial charge in [0.1, 0.15) is 6.04 Å². The second-order valence-electron chi connectivity index (χ2n) is 4.60. The zero-order valence-electron chi connectivity index (χ0n) is 11.9. The van der Waals surface area contributed by atoms with Gasteiger partial charge in [0.25, 0.3) is 0 Å². The molecule has 4 N–H and O–H groups in total. The van der Waals surface area contributed by atoms with Crippen molar-refractivity contribution >= 4 is 17.8 Å². The highest BCUT2D eigenvalue weighted by Crippen LogP contribution is 1.91.